The molecule has 3 rings (SSSR count). The van der Waals surface area contributed by atoms with Crippen molar-refractivity contribution in [1.29, 1.82) is 0 Å². The molecule has 0 aliphatic rings. The van der Waals surface area contributed by atoms with Gasteiger partial charge in [-0.15, -0.1) is 0 Å². The number of hydrogen-bond donors (Lipinski definition) is 1. The van der Waals surface area contributed by atoms with Gasteiger partial charge in [0.2, 0.25) is 0 Å². The molecule has 0 aliphatic carbocycles. The van der Waals surface area contributed by atoms with Crippen molar-refractivity contribution in [1.82, 2.24) is 0 Å². The van der Waals surface area contributed by atoms with Crippen molar-refractivity contribution in [2.75, 3.05) is 5.32 Å². The highest BCUT2D eigenvalue weighted by Crippen LogP contribution is 2.26. The maximum Gasteiger partial charge on any atom is 0.265 e. The van der Waals surface area contributed by atoms with Crippen LogP contribution < -0.4 is 10.1 Å². The van der Waals surface area contributed by atoms with Gasteiger partial charge >= 0.3 is 0 Å². The second-order valence-electron chi connectivity index (χ2n) is 5.85. The predicted molar refractivity (Wildman–Crippen MR) is 98.5 cm³/mol. The van der Waals surface area contributed by atoms with Gasteiger partial charge in [-0.3, -0.25) is 4.79 Å². The second-order valence-corrected chi connectivity index (χ2v) is 5.85. The van der Waals surface area contributed by atoms with E-state index in [1.54, 1.807) is 0 Å². The van der Waals surface area contributed by atoms with E-state index in [0.717, 1.165) is 27.8 Å². The molecule has 0 bridgehead atoms. The van der Waals surface area contributed by atoms with Crippen LogP contribution in [0.2, 0.25) is 0 Å². The lowest BCUT2D eigenvalue weighted by molar-refractivity contribution is -0.122. The number of aryl methyl sites for hydroxylation is 1. The highest BCUT2D eigenvalue weighted by molar-refractivity contribution is 5.95. The molecule has 122 valence electrons. The van der Waals surface area contributed by atoms with E-state index in [2.05, 4.69) is 5.32 Å². The van der Waals surface area contributed by atoms with Gasteiger partial charge in [0.15, 0.2) is 6.10 Å². The Kier molecular flexibility index (Phi) is 4.80. The Balaban J connectivity index is 1.78. The van der Waals surface area contributed by atoms with Crippen molar-refractivity contribution in [3.05, 3.63) is 72.3 Å². The van der Waals surface area contributed by atoms with Gasteiger partial charge in [-0.2, -0.15) is 0 Å². The Hall–Kier alpha value is -2.81. The number of nitrogens with one attached hydrogen (secondary N) is 1. The van der Waals surface area contributed by atoms with Gasteiger partial charge in [0.05, 0.1) is 0 Å². The Morgan fingerprint density at radius 3 is 2.46 bits per heavy atom. The van der Waals surface area contributed by atoms with E-state index in [0.29, 0.717) is 6.42 Å². The van der Waals surface area contributed by atoms with Crippen LogP contribution in [0.4, 0.5) is 5.69 Å². The summed E-state index contributed by atoms with van der Waals surface area (Å²) in [5.41, 5.74) is 1.94. The zero-order chi connectivity index (χ0) is 16.9. The smallest absolute Gasteiger partial charge is 0.265 e. The average molecular weight is 319 g/mol. The standard InChI is InChI=1S/C21H21NO2/c1-3-19(21(23)22-17-13-11-15(2)12-14-17)24-20-10-6-8-16-7-4-5-9-18(16)20/h4-14,19H,3H2,1-2H3,(H,22,23)/t19-/m1/s1. The molecule has 0 saturated heterocycles. The van der Waals surface area contributed by atoms with Crippen molar-refractivity contribution in [3.8, 4) is 5.75 Å². The Labute approximate surface area is 142 Å². The molecule has 0 unspecified atom stereocenters. The summed E-state index contributed by atoms with van der Waals surface area (Å²) in [5, 5.41) is 5.04. The number of amides is 1. The van der Waals surface area contributed by atoms with Gasteiger partial charge in [-0.05, 0) is 36.9 Å². The van der Waals surface area contributed by atoms with E-state index in [1.807, 2.05) is 80.6 Å². The average Bonchev–Trinajstić information content (AvgIpc) is 2.61. The van der Waals surface area contributed by atoms with Crippen molar-refractivity contribution in [3.63, 3.8) is 0 Å². The molecule has 3 aromatic carbocycles. The van der Waals surface area contributed by atoms with E-state index in [1.165, 1.54) is 0 Å². The third kappa shape index (κ3) is 3.57. The summed E-state index contributed by atoms with van der Waals surface area (Å²) in [6.45, 7) is 3.97. The molecule has 1 N–H and O–H groups in total. The Bertz CT molecular complexity index is 835. The van der Waals surface area contributed by atoms with Crippen LogP contribution in [0.1, 0.15) is 18.9 Å². The first-order valence-corrected chi connectivity index (χ1v) is 8.19. The van der Waals surface area contributed by atoms with E-state index in [9.17, 15) is 4.79 Å². The highest BCUT2D eigenvalue weighted by atomic mass is 16.5. The number of fused-ring (bicyclic) bond motifs is 1. The first kappa shape index (κ1) is 16.1. The van der Waals surface area contributed by atoms with Crippen LogP contribution in [0.5, 0.6) is 5.75 Å². The minimum absolute atomic E-state index is 0.130. The van der Waals surface area contributed by atoms with E-state index >= 15 is 0 Å². The number of ether oxygens (including phenoxy) is 1. The highest BCUT2D eigenvalue weighted by Gasteiger charge is 2.19. The lowest BCUT2D eigenvalue weighted by atomic mass is 10.1. The van der Waals surface area contributed by atoms with Crippen LogP contribution in [-0.4, -0.2) is 12.0 Å². The van der Waals surface area contributed by atoms with Gasteiger partial charge in [0.1, 0.15) is 5.75 Å². The third-order valence-electron chi connectivity index (χ3n) is 4.00. The number of carbonyl (C=O) groups excluding carboxylic acids is 1. The second kappa shape index (κ2) is 7.18. The van der Waals surface area contributed by atoms with Gasteiger partial charge < -0.3 is 10.1 Å². The summed E-state index contributed by atoms with van der Waals surface area (Å²) >= 11 is 0. The summed E-state index contributed by atoms with van der Waals surface area (Å²) in [6.07, 6.45) is 0.0677. The molecule has 3 nitrogen and oxygen atoms in total. The summed E-state index contributed by atoms with van der Waals surface area (Å²) in [6, 6.07) is 21.7. The predicted octanol–water partition coefficient (Wildman–Crippen LogP) is 4.94. The van der Waals surface area contributed by atoms with E-state index in [-0.39, 0.29) is 5.91 Å². The molecular formula is C21H21NO2. The molecule has 3 aromatic rings. The van der Waals surface area contributed by atoms with Crippen LogP contribution in [0.15, 0.2) is 66.7 Å². The Morgan fingerprint density at radius 2 is 1.71 bits per heavy atom. The first-order chi connectivity index (χ1) is 11.7. The van der Waals surface area contributed by atoms with Gasteiger partial charge in [0.25, 0.3) is 5.91 Å². The topological polar surface area (TPSA) is 38.3 Å². The molecule has 0 aromatic heterocycles. The molecule has 24 heavy (non-hydrogen) atoms. The molecule has 3 heteroatoms. The fraction of sp³-hybridized carbons (Fsp3) is 0.190. The number of anilines is 1. The first-order valence-electron chi connectivity index (χ1n) is 8.19. The van der Waals surface area contributed by atoms with Crippen LogP contribution in [0.25, 0.3) is 10.8 Å². The van der Waals surface area contributed by atoms with Crippen molar-refractivity contribution >= 4 is 22.4 Å². The lowest BCUT2D eigenvalue weighted by Gasteiger charge is -2.18. The molecule has 0 heterocycles. The molecule has 0 spiro atoms. The summed E-state index contributed by atoms with van der Waals surface area (Å²) < 4.78 is 6.02. The number of carbonyl (C=O) groups is 1. The SMILES string of the molecule is CC[C@@H](Oc1cccc2ccccc12)C(=O)Nc1ccc(C)cc1. The summed E-state index contributed by atoms with van der Waals surface area (Å²) in [5.74, 6) is 0.605. The molecule has 1 amide bonds. The molecule has 1 atom stereocenters. The monoisotopic (exact) mass is 319 g/mol. The zero-order valence-corrected chi connectivity index (χ0v) is 14.0. The van der Waals surface area contributed by atoms with Crippen LogP contribution >= 0.6 is 0 Å². The zero-order valence-electron chi connectivity index (χ0n) is 14.0. The Morgan fingerprint density at radius 1 is 1.00 bits per heavy atom. The largest absolute Gasteiger partial charge is 0.480 e. The number of hydrogen-bond acceptors (Lipinski definition) is 2. The van der Waals surface area contributed by atoms with Crippen molar-refractivity contribution in [2.24, 2.45) is 0 Å². The minimum atomic E-state index is -0.530. The van der Waals surface area contributed by atoms with Crippen molar-refractivity contribution < 1.29 is 9.53 Å². The number of rotatable bonds is 5. The molecule has 0 saturated carbocycles. The van der Waals surface area contributed by atoms with Crippen LogP contribution in [0, 0.1) is 6.92 Å². The van der Waals surface area contributed by atoms with E-state index < -0.39 is 6.10 Å². The maximum absolute atomic E-state index is 12.5. The van der Waals surface area contributed by atoms with Crippen molar-refractivity contribution in [2.45, 2.75) is 26.4 Å². The van der Waals surface area contributed by atoms with Gasteiger partial charge in [-0.25, -0.2) is 0 Å². The van der Waals surface area contributed by atoms with Gasteiger partial charge in [0, 0.05) is 11.1 Å². The quantitative estimate of drug-likeness (QED) is 0.723. The maximum atomic E-state index is 12.5. The normalized spacial score (nSPS) is 11.9. The van der Waals surface area contributed by atoms with E-state index in [4.69, 9.17) is 4.74 Å². The van der Waals surface area contributed by atoms with Gasteiger partial charge in [-0.1, -0.05) is 61.0 Å². The fourth-order valence-corrected chi connectivity index (χ4v) is 2.63. The molecule has 0 radical (unpaired) electrons. The number of benzene rings is 3. The van der Waals surface area contributed by atoms with Crippen LogP contribution in [-0.2, 0) is 4.79 Å². The fourth-order valence-electron chi connectivity index (χ4n) is 2.63. The molecule has 0 fully saturated rings. The van der Waals surface area contributed by atoms with Crippen LogP contribution in [0.3, 0.4) is 0 Å². The molecule has 0 aliphatic heterocycles. The molecular weight excluding hydrogens is 298 g/mol. The minimum Gasteiger partial charge on any atom is -0.480 e. The summed E-state index contributed by atoms with van der Waals surface area (Å²) in [4.78, 5) is 12.5. The lowest BCUT2D eigenvalue weighted by Crippen LogP contribution is -2.32. The summed E-state index contributed by atoms with van der Waals surface area (Å²) in [7, 11) is 0. The third-order valence-corrected chi connectivity index (χ3v) is 4.00.